The van der Waals surface area contributed by atoms with Crippen LogP contribution in [-0.4, -0.2) is 29.9 Å². The zero-order chi connectivity index (χ0) is 12.1. The van der Waals surface area contributed by atoms with Gasteiger partial charge in [-0.3, -0.25) is 4.79 Å². The summed E-state index contributed by atoms with van der Waals surface area (Å²) < 4.78 is 0. The molecule has 0 aliphatic rings. The molecule has 0 spiro atoms. The molecular formula is C11H21N3O. The summed E-state index contributed by atoms with van der Waals surface area (Å²) in [6.45, 7) is 8.78. The molecule has 1 amide bonds. The molecular weight excluding hydrogens is 190 g/mol. The van der Waals surface area contributed by atoms with Gasteiger partial charge in [0.1, 0.15) is 0 Å². The van der Waals surface area contributed by atoms with Crippen molar-refractivity contribution in [2.45, 2.75) is 40.2 Å². The Hall–Kier alpha value is -1.08. The molecule has 0 saturated heterocycles. The highest BCUT2D eigenvalue weighted by molar-refractivity contribution is 5.82. The minimum atomic E-state index is -0.504. The molecule has 86 valence electrons. The van der Waals surface area contributed by atoms with Crippen LogP contribution < -0.4 is 5.73 Å². The van der Waals surface area contributed by atoms with Gasteiger partial charge >= 0.3 is 0 Å². The van der Waals surface area contributed by atoms with Gasteiger partial charge in [0.2, 0.25) is 5.91 Å². The highest BCUT2D eigenvalue weighted by Crippen LogP contribution is 2.19. The zero-order valence-corrected chi connectivity index (χ0v) is 10.1. The first-order chi connectivity index (χ1) is 6.84. The summed E-state index contributed by atoms with van der Waals surface area (Å²) in [5.41, 5.74) is 5.63. The second-order valence-corrected chi connectivity index (χ2v) is 4.67. The van der Waals surface area contributed by atoms with Gasteiger partial charge in [0.05, 0.1) is 18.5 Å². The lowest BCUT2D eigenvalue weighted by Crippen LogP contribution is -2.50. The minimum Gasteiger partial charge on any atom is -0.341 e. The van der Waals surface area contributed by atoms with Crippen molar-refractivity contribution in [3.63, 3.8) is 0 Å². The molecule has 0 aliphatic carbocycles. The first-order valence-corrected chi connectivity index (χ1v) is 5.26. The molecule has 0 heterocycles. The SMILES string of the molecule is CCN(CCC#N)C(=O)[C@H](N)C(C)(C)C. The average Bonchev–Trinajstić information content (AvgIpc) is 2.16. The van der Waals surface area contributed by atoms with E-state index in [4.69, 9.17) is 11.0 Å². The van der Waals surface area contributed by atoms with E-state index >= 15 is 0 Å². The third-order valence-corrected chi connectivity index (χ3v) is 2.39. The maximum absolute atomic E-state index is 11.9. The molecule has 1 atom stereocenters. The highest BCUT2D eigenvalue weighted by Gasteiger charge is 2.30. The predicted octanol–water partition coefficient (Wildman–Crippen LogP) is 1.12. The maximum Gasteiger partial charge on any atom is 0.240 e. The molecule has 0 bridgehead atoms. The van der Waals surface area contributed by atoms with Crippen LogP contribution in [0.25, 0.3) is 0 Å². The quantitative estimate of drug-likeness (QED) is 0.757. The molecule has 0 saturated carbocycles. The number of rotatable bonds is 4. The van der Waals surface area contributed by atoms with Gasteiger partial charge in [0.25, 0.3) is 0 Å². The number of nitriles is 1. The van der Waals surface area contributed by atoms with Crippen LogP contribution in [0.5, 0.6) is 0 Å². The summed E-state index contributed by atoms with van der Waals surface area (Å²) in [7, 11) is 0. The van der Waals surface area contributed by atoms with Crippen molar-refractivity contribution in [1.29, 1.82) is 5.26 Å². The van der Waals surface area contributed by atoms with Crippen LogP contribution in [0.3, 0.4) is 0 Å². The van der Waals surface area contributed by atoms with Crippen molar-refractivity contribution in [3.05, 3.63) is 0 Å². The first-order valence-electron chi connectivity index (χ1n) is 5.26. The Morgan fingerprint density at radius 1 is 1.53 bits per heavy atom. The number of likely N-dealkylation sites (N-methyl/N-ethyl adjacent to an activating group) is 1. The monoisotopic (exact) mass is 211 g/mol. The molecule has 0 unspecified atom stereocenters. The summed E-state index contributed by atoms with van der Waals surface area (Å²) in [4.78, 5) is 13.6. The van der Waals surface area contributed by atoms with E-state index in [2.05, 4.69) is 0 Å². The molecule has 0 radical (unpaired) electrons. The molecule has 0 aromatic heterocycles. The molecule has 2 N–H and O–H groups in total. The summed E-state index contributed by atoms with van der Waals surface area (Å²) in [6.07, 6.45) is 0.358. The van der Waals surface area contributed by atoms with Crippen LogP contribution in [0.2, 0.25) is 0 Å². The number of hydrogen-bond donors (Lipinski definition) is 1. The van der Waals surface area contributed by atoms with Gasteiger partial charge in [-0.1, -0.05) is 20.8 Å². The van der Waals surface area contributed by atoms with Crippen molar-refractivity contribution in [1.82, 2.24) is 4.90 Å². The number of amides is 1. The van der Waals surface area contributed by atoms with Crippen LogP contribution in [0.15, 0.2) is 0 Å². The Morgan fingerprint density at radius 3 is 2.40 bits per heavy atom. The van der Waals surface area contributed by atoms with Crippen LogP contribution in [0, 0.1) is 16.7 Å². The number of hydrogen-bond acceptors (Lipinski definition) is 3. The third kappa shape index (κ3) is 4.30. The van der Waals surface area contributed by atoms with E-state index in [1.54, 1.807) is 4.90 Å². The standard InChI is InChI=1S/C11H21N3O/c1-5-14(8-6-7-12)10(15)9(13)11(2,3)4/h9H,5-6,8,13H2,1-4H3/t9-/m0/s1. The Kier molecular flexibility index (Phi) is 5.31. The molecule has 4 nitrogen and oxygen atoms in total. The van der Waals surface area contributed by atoms with Crippen LogP contribution in [0.4, 0.5) is 0 Å². The Morgan fingerprint density at radius 2 is 2.07 bits per heavy atom. The van der Waals surface area contributed by atoms with Gasteiger partial charge in [0, 0.05) is 13.1 Å². The second-order valence-electron chi connectivity index (χ2n) is 4.67. The van der Waals surface area contributed by atoms with Gasteiger partial charge < -0.3 is 10.6 Å². The molecule has 0 fully saturated rings. The summed E-state index contributed by atoms with van der Waals surface area (Å²) in [6, 6.07) is 1.53. The molecule has 0 aromatic rings. The molecule has 0 aliphatic heterocycles. The lowest BCUT2D eigenvalue weighted by Gasteiger charge is -2.31. The average molecular weight is 211 g/mol. The molecule has 0 aromatic carbocycles. The van der Waals surface area contributed by atoms with Crippen molar-refractivity contribution < 1.29 is 4.79 Å². The molecule has 4 heteroatoms. The van der Waals surface area contributed by atoms with E-state index < -0.39 is 6.04 Å². The first kappa shape index (κ1) is 13.9. The zero-order valence-electron chi connectivity index (χ0n) is 10.1. The lowest BCUT2D eigenvalue weighted by molar-refractivity contribution is -0.134. The van der Waals surface area contributed by atoms with Crippen molar-refractivity contribution in [3.8, 4) is 6.07 Å². The van der Waals surface area contributed by atoms with Gasteiger partial charge in [-0.2, -0.15) is 5.26 Å². The van der Waals surface area contributed by atoms with Gasteiger partial charge in [0.15, 0.2) is 0 Å². The van der Waals surface area contributed by atoms with E-state index in [0.29, 0.717) is 19.5 Å². The molecule has 0 rings (SSSR count). The Balaban J connectivity index is 4.46. The van der Waals surface area contributed by atoms with E-state index in [0.717, 1.165) is 0 Å². The van der Waals surface area contributed by atoms with Gasteiger partial charge in [-0.15, -0.1) is 0 Å². The number of carbonyl (C=O) groups is 1. The van der Waals surface area contributed by atoms with Gasteiger partial charge in [-0.05, 0) is 12.3 Å². The van der Waals surface area contributed by atoms with Crippen LogP contribution in [-0.2, 0) is 4.79 Å². The highest BCUT2D eigenvalue weighted by atomic mass is 16.2. The van der Waals surface area contributed by atoms with Crippen molar-refractivity contribution in [2.24, 2.45) is 11.1 Å². The second kappa shape index (κ2) is 5.72. The largest absolute Gasteiger partial charge is 0.341 e. The summed E-state index contributed by atoms with van der Waals surface area (Å²) in [5, 5.41) is 8.47. The van der Waals surface area contributed by atoms with E-state index in [9.17, 15) is 4.79 Å². The topological polar surface area (TPSA) is 70.1 Å². The van der Waals surface area contributed by atoms with Crippen molar-refractivity contribution in [2.75, 3.05) is 13.1 Å². The van der Waals surface area contributed by atoms with E-state index in [1.807, 2.05) is 33.8 Å². The van der Waals surface area contributed by atoms with E-state index in [1.165, 1.54) is 0 Å². The summed E-state index contributed by atoms with van der Waals surface area (Å²) in [5.74, 6) is -0.0692. The number of nitrogens with zero attached hydrogens (tertiary/aromatic N) is 2. The van der Waals surface area contributed by atoms with Crippen molar-refractivity contribution >= 4 is 5.91 Å². The third-order valence-electron chi connectivity index (χ3n) is 2.39. The van der Waals surface area contributed by atoms with E-state index in [-0.39, 0.29) is 11.3 Å². The summed E-state index contributed by atoms with van der Waals surface area (Å²) >= 11 is 0. The molecule has 15 heavy (non-hydrogen) atoms. The number of carbonyl (C=O) groups excluding carboxylic acids is 1. The fourth-order valence-corrected chi connectivity index (χ4v) is 1.18. The van der Waals surface area contributed by atoms with Gasteiger partial charge in [-0.25, -0.2) is 0 Å². The Labute approximate surface area is 92.0 Å². The number of nitrogens with two attached hydrogens (primary N) is 1. The van der Waals surface area contributed by atoms with Crippen LogP contribution in [0.1, 0.15) is 34.1 Å². The lowest BCUT2D eigenvalue weighted by atomic mass is 9.86. The van der Waals surface area contributed by atoms with Crippen LogP contribution >= 0.6 is 0 Å². The fourth-order valence-electron chi connectivity index (χ4n) is 1.18. The fraction of sp³-hybridized carbons (Fsp3) is 0.818. The Bertz CT molecular complexity index is 250. The minimum absolute atomic E-state index is 0.0692. The smallest absolute Gasteiger partial charge is 0.240 e. The predicted molar refractivity (Wildman–Crippen MR) is 59.9 cm³/mol. The maximum atomic E-state index is 11.9. The normalized spacial score (nSPS) is 13.1.